The van der Waals surface area contributed by atoms with Crippen molar-refractivity contribution in [3.05, 3.63) is 101 Å². The number of halogens is 8. The van der Waals surface area contributed by atoms with E-state index < -0.39 is 66.3 Å². The second kappa shape index (κ2) is 11.3. The molecule has 2 amide bonds. The summed E-state index contributed by atoms with van der Waals surface area (Å²) in [6.45, 7) is 0. The predicted octanol–water partition coefficient (Wildman–Crippen LogP) is 7.17. The quantitative estimate of drug-likeness (QED) is 0.267. The van der Waals surface area contributed by atoms with Gasteiger partial charge in [-0.1, -0.05) is 42.5 Å². The summed E-state index contributed by atoms with van der Waals surface area (Å²) in [5.41, 5.74) is -1.35. The van der Waals surface area contributed by atoms with Crippen LogP contribution < -0.4 is 15.4 Å². The third kappa shape index (κ3) is 6.83. The molecule has 3 aromatic rings. The maximum atomic E-state index is 14.8. The molecule has 1 saturated carbocycles. The molecule has 1 aliphatic rings. The highest BCUT2D eigenvalue weighted by Crippen LogP contribution is 2.38. The molecule has 0 radical (unpaired) electrons. The zero-order valence-electron chi connectivity index (χ0n) is 20.8. The van der Waals surface area contributed by atoms with Crippen LogP contribution in [0.2, 0.25) is 0 Å². The largest absolute Gasteiger partial charge is 0.461 e. The van der Waals surface area contributed by atoms with E-state index in [9.17, 15) is 39.9 Å². The summed E-state index contributed by atoms with van der Waals surface area (Å²) in [5.74, 6) is -5.75. The summed E-state index contributed by atoms with van der Waals surface area (Å²) in [7, 11) is 0. The lowest BCUT2D eigenvalue weighted by Gasteiger charge is -2.37. The zero-order valence-corrected chi connectivity index (χ0v) is 20.8. The number of nitrogens with one attached hydrogen (secondary N) is 2. The molecule has 214 valence electrons. The van der Waals surface area contributed by atoms with Crippen molar-refractivity contribution >= 4 is 6.03 Å². The standard InChI is InChI=1S/C28H24F8N2O2/c29-20-8-6-18(7-9-20)27(15-17-4-2-1-3-5-17,38-25(39)37-22-10-11-26(33,34)16-22)19-12-21(30)14-23(13-19)40-28(35,36)24(31)32/h1-9,12-14,22,24H,10-11,15-16H2,(H2,37,38,39). The number of hydrogen-bond acceptors (Lipinski definition) is 2. The van der Waals surface area contributed by atoms with Gasteiger partial charge < -0.3 is 15.4 Å². The molecule has 1 fully saturated rings. The number of rotatable bonds is 9. The van der Waals surface area contributed by atoms with Crippen molar-refractivity contribution in [2.24, 2.45) is 0 Å². The lowest BCUT2D eigenvalue weighted by atomic mass is 9.77. The van der Waals surface area contributed by atoms with E-state index in [4.69, 9.17) is 0 Å². The number of urea groups is 1. The number of carbonyl (C=O) groups is 1. The van der Waals surface area contributed by atoms with Crippen LogP contribution in [-0.2, 0) is 12.0 Å². The third-order valence-electron chi connectivity index (χ3n) is 6.59. The number of alkyl halides is 6. The van der Waals surface area contributed by atoms with Gasteiger partial charge >= 0.3 is 18.6 Å². The Morgan fingerprint density at radius 3 is 2.23 bits per heavy atom. The molecule has 2 unspecified atom stereocenters. The van der Waals surface area contributed by atoms with Gasteiger partial charge in [-0.3, -0.25) is 0 Å². The van der Waals surface area contributed by atoms with Crippen molar-refractivity contribution in [2.75, 3.05) is 0 Å². The Bertz CT molecular complexity index is 1320. The monoisotopic (exact) mass is 572 g/mol. The van der Waals surface area contributed by atoms with E-state index >= 15 is 0 Å². The SMILES string of the molecule is O=C(NC1CCC(F)(F)C1)NC(Cc1ccccc1)(c1ccc(F)cc1)c1cc(F)cc(OC(F)(F)C(F)F)c1. The minimum absolute atomic E-state index is 0.0106. The average molecular weight is 572 g/mol. The van der Waals surface area contributed by atoms with E-state index in [-0.39, 0.29) is 24.0 Å². The molecule has 4 rings (SSSR count). The molecule has 40 heavy (non-hydrogen) atoms. The van der Waals surface area contributed by atoms with E-state index in [1.165, 1.54) is 12.1 Å². The van der Waals surface area contributed by atoms with Crippen LogP contribution >= 0.6 is 0 Å². The maximum Gasteiger partial charge on any atom is 0.461 e. The van der Waals surface area contributed by atoms with Gasteiger partial charge in [0.05, 0.1) is 5.54 Å². The van der Waals surface area contributed by atoms with Crippen LogP contribution in [0.1, 0.15) is 36.0 Å². The summed E-state index contributed by atoms with van der Waals surface area (Å²) in [6, 6.07) is 13.3. The predicted molar refractivity (Wildman–Crippen MR) is 130 cm³/mol. The highest BCUT2D eigenvalue weighted by atomic mass is 19.3. The number of hydrogen-bond donors (Lipinski definition) is 2. The molecule has 3 aromatic carbocycles. The van der Waals surface area contributed by atoms with E-state index in [1.54, 1.807) is 30.3 Å². The summed E-state index contributed by atoms with van der Waals surface area (Å²) in [4.78, 5) is 13.2. The molecule has 0 bridgehead atoms. The third-order valence-corrected chi connectivity index (χ3v) is 6.59. The van der Waals surface area contributed by atoms with Crippen LogP contribution in [-0.4, -0.2) is 30.5 Å². The van der Waals surface area contributed by atoms with Gasteiger partial charge in [0.25, 0.3) is 0 Å². The summed E-state index contributed by atoms with van der Waals surface area (Å²) < 4.78 is 113. The van der Waals surface area contributed by atoms with Crippen LogP contribution in [0.4, 0.5) is 39.9 Å². The average Bonchev–Trinajstić information content (AvgIpc) is 3.21. The smallest absolute Gasteiger partial charge is 0.428 e. The van der Waals surface area contributed by atoms with E-state index in [0.717, 1.165) is 24.3 Å². The summed E-state index contributed by atoms with van der Waals surface area (Å²) in [5, 5.41) is 5.11. The van der Waals surface area contributed by atoms with Gasteiger partial charge in [0.15, 0.2) is 0 Å². The molecule has 0 spiro atoms. The van der Waals surface area contributed by atoms with Crippen LogP contribution in [0, 0.1) is 11.6 Å². The van der Waals surface area contributed by atoms with Crippen LogP contribution in [0.15, 0.2) is 72.8 Å². The maximum absolute atomic E-state index is 14.8. The van der Waals surface area contributed by atoms with Crippen LogP contribution in [0.5, 0.6) is 5.75 Å². The molecule has 0 aliphatic heterocycles. The topological polar surface area (TPSA) is 50.4 Å². The Hall–Kier alpha value is -3.83. The molecule has 0 saturated heterocycles. The first-order chi connectivity index (χ1) is 18.8. The molecular formula is C28H24F8N2O2. The lowest BCUT2D eigenvalue weighted by molar-refractivity contribution is -0.253. The van der Waals surface area contributed by atoms with Crippen molar-refractivity contribution in [3.8, 4) is 5.75 Å². The number of carbonyl (C=O) groups excluding carboxylic acids is 1. The van der Waals surface area contributed by atoms with Crippen molar-refractivity contribution < 1.29 is 44.7 Å². The molecule has 12 heteroatoms. The first-order valence-corrected chi connectivity index (χ1v) is 12.2. The fourth-order valence-electron chi connectivity index (χ4n) is 4.75. The summed E-state index contributed by atoms with van der Waals surface area (Å²) >= 11 is 0. The second-order valence-corrected chi connectivity index (χ2v) is 9.61. The highest BCUT2D eigenvalue weighted by molar-refractivity contribution is 5.76. The molecule has 4 nitrogen and oxygen atoms in total. The summed E-state index contributed by atoms with van der Waals surface area (Å²) in [6.07, 6.45) is -10.4. The van der Waals surface area contributed by atoms with Gasteiger partial charge in [-0.05, 0) is 47.4 Å². The van der Waals surface area contributed by atoms with Gasteiger partial charge in [0.1, 0.15) is 17.4 Å². The van der Waals surface area contributed by atoms with Gasteiger partial charge in [0.2, 0.25) is 5.92 Å². The van der Waals surface area contributed by atoms with E-state index in [0.29, 0.717) is 11.6 Å². The zero-order chi connectivity index (χ0) is 29.1. The highest BCUT2D eigenvalue weighted by Gasteiger charge is 2.45. The van der Waals surface area contributed by atoms with Crippen molar-refractivity contribution in [2.45, 2.75) is 55.7 Å². The van der Waals surface area contributed by atoms with Gasteiger partial charge in [-0.15, -0.1) is 0 Å². The Morgan fingerprint density at radius 1 is 0.950 bits per heavy atom. The molecule has 1 aliphatic carbocycles. The molecule has 2 N–H and O–H groups in total. The van der Waals surface area contributed by atoms with Crippen LogP contribution in [0.25, 0.3) is 0 Å². The second-order valence-electron chi connectivity index (χ2n) is 9.61. The first-order valence-electron chi connectivity index (χ1n) is 12.2. The minimum atomic E-state index is -4.96. The molecular weight excluding hydrogens is 548 g/mol. The Morgan fingerprint density at radius 2 is 1.62 bits per heavy atom. The van der Waals surface area contributed by atoms with Gasteiger partial charge in [-0.25, -0.2) is 22.4 Å². The fourth-order valence-corrected chi connectivity index (χ4v) is 4.75. The van der Waals surface area contributed by atoms with Crippen molar-refractivity contribution in [1.29, 1.82) is 0 Å². The lowest BCUT2D eigenvalue weighted by Crippen LogP contribution is -2.54. The Balaban J connectivity index is 1.84. The Labute approximate surface area is 224 Å². The first kappa shape index (κ1) is 29.2. The number of ether oxygens (including phenoxy) is 1. The van der Waals surface area contributed by atoms with Crippen LogP contribution in [0.3, 0.4) is 0 Å². The molecule has 0 heterocycles. The fraction of sp³-hybridized carbons (Fsp3) is 0.321. The normalized spacial score (nSPS) is 18.3. The van der Waals surface area contributed by atoms with Gasteiger partial charge in [0, 0.05) is 31.4 Å². The Kier molecular flexibility index (Phi) is 8.27. The molecule has 0 aromatic heterocycles. The van der Waals surface area contributed by atoms with Gasteiger partial charge in [-0.2, -0.15) is 17.6 Å². The number of benzene rings is 3. The van der Waals surface area contributed by atoms with Crippen molar-refractivity contribution in [3.63, 3.8) is 0 Å². The van der Waals surface area contributed by atoms with E-state index in [1.807, 2.05) is 0 Å². The molecule has 2 atom stereocenters. The minimum Gasteiger partial charge on any atom is -0.428 e. The van der Waals surface area contributed by atoms with Crippen molar-refractivity contribution in [1.82, 2.24) is 10.6 Å². The van der Waals surface area contributed by atoms with E-state index in [2.05, 4.69) is 15.4 Å². The number of amides is 2.